The number of nitrogens with zero attached hydrogens (tertiary/aromatic N) is 1. The molecule has 0 saturated carbocycles. The summed E-state index contributed by atoms with van der Waals surface area (Å²) in [5.74, 6) is -3.72. The molecule has 132 valence electrons. The number of non-ortho nitro benzene ring substituents is 1. The Kier molecular flexibility index (Phi) is 6.42. The third-order valence-corrected chi connectivity index (χ3v) is 3.24. The third kappa shape index (κ3) is 5.96. The van der Waals surface area contributed by atoms with Crippen LogP contribution in [0.15, 0.2) is 24.3 Å². The Bertz CT molecular complexity index is 623. The van der Waals surface area contributed by atoms with Crippen molar-refractivity contribution in [2.75, 3.05) is 0 Å². The van der Waals surface area contributed by atoms with Crippen LogP contribution in [-0.4, -0.2) is 33.6 Å². The zero-order valence-electron chi connectivity index (χ0n) is 13.9. The second-order valence-electron chi connectivity index (χ2n) is 6.48. The maximum absolute atomic E-state index is 12.0. The van der Waals surface area contributed by atoms with Crippen LogP contribution in [0.4, 0.5) is 5.69 Å². The van der Waals surface area contributed by atoms with Crippen LogP contribution in [0.25, 0.3) is 0 Å². The summed E-state index contributed by atoms with van der Waals surface area (Å²) in [6.07, 6.45) is 0.493. The van der Waals surface area contributed by atoms with Crippen molar-refractivity contribution < 1.29 is 24.4 Å². The molecule has 0 saturated heterocycles. The summed E-state index contributed by atoms with van der Waals surface area (Å²) in [4.78, 5) is 33.6. The van der Waals surface area contributed by atoms with Gasteiger partial charge in [0, 0.05) is 18.2 Å². The summed E-state index contributed by atoms with van der Waals surface area (Å²) >= 11 is 0. The Balaban J connectivity index is 2.77. The van der Waals surface area contributed by atoms with Gasteiger partial charge in [0.15, 0.2) is 5.92 Å². The minimum Gasteiger partial charge on any atom is -0.481 e. The van der Waals surface area contributed by atoms with E-state index in [1.165, 1.54) is 12.1 Å². The number of esters is 1. The molecule has 0 spiro atoms. The highest BCUT2D eigenvalue weighted by atomic mass is 16.6. The number of nitro groups is 1. The molecule has 2 atom stereocenters. The maximum atomic E-state index is 12.0. The van der Waals surface area contributed by atoms with Gasteiger partial charge < -0.3 is 15.6 Å². The highest BCUT2D eigenvalue weighted by molar-refractivity contribution is 5.95. The van der Waals surface area contributed by atoms with Crippen LogP contribution in [0.5, 0.6) is 0 Å². The number of carbonyl (C=O) groups is 2. The summed E-state index contributed by atoms with van der Waals surface area (Å²) in [5, 5.41) is 20.0. The van der Waals surface area contributed by atoms with E-state index in [1.54, 1.807) is 32.9 Å². The SMILES string of the molecule is CC(C)(C)OC(=O)C(C(=O)O)C(N)CCc1cccc([N+](=O)[O-])c1. The Hall–Kier alpha value is -2.48. The average Bonchev–Trinajstić information content (AvgIpc) is 2.43. The number of nitro benzene ring substituents is 1. The molecule has 0 heterocycles. The molecule has 2 unspecified atom stereocenters. The predicted octanol–water partition coefficient (Wildman–Crippen LogP) is 1.90. The van der Waals surface area contributed by atoms with Gasteiger partial charge >= 0.3 is 11.9 Å². The molecular weight excluding hydrogens is 316 g/mol. The first kappa shape index (κ1) is 19.6. The number of carboxylic acid groups (broad SMARTS) is 1. The van der Waals surface area contributed by atoms with E-state index in [9.17, 15) is 24.8 Å². The number of hydrogen-bond donors (Lipinski definition) is 2. The average molecular weight is 338 g/mol. The molecule has 8 heteroatoms. The minimum atomic E-state index is -1.48. The lowest BCUT2D eigenvalue weighted by molar-refractivity contribution is -0.384. The van der Waals surface area contributed by atoms with Crippen molar-refractivity contribution in [1.82, 2.24) is 0 Å². The molecule has 8 nitrogen and oxygen atoms in total. The number of benzene rings is 1. The smallest absolute Gasteiger partial charge is 0.322 e. The molecule has 0 aliphatic rings. The van der Waals surface area contributed by atoms with Crippen LogP contribution >= 0.6 is 0 Å². The predicted molar refractivity (Wildman–Crippen MR) is 86.4 cm³/mol. The molecule has 1 aromatic carbocycles. The lowest BCUT2D eigenvalue weighted by Crippen LogP contribution is -2.44. The van der Waals surface area contributed by atoms with Gasteiger partial charge in [-0.15, -0.1) is 0 Å². The molecule has 0 aliphatic carbocycles. The van der Waals surface area contributed by atoms with E-state index in [2.05, 4.69) is 0 Å². The van der Waals surface area contributed by atoms with E-state index in [1.807, 2.05) is 0 Å². The summed E-state index contributed by atoms with van der Waals surface area (Å²) < 4.78 is 5.10. The van der Waals surface area contributed by atoms with Crippen LogP contribution in [0.3, 0.4) is 0 Å². The fourth-order valence-electron chi connectivity index (χ4n) is 2.15. The number of nitrogens with two attached hydrogens (primary N) is 1. The topological polar surface area (TPSA) is 133 Å². The van der Waals surface area contributed by atoms with Gasteiger partial charge in [0.2, 0.25) is 0 Å². The third-order valence-electron chi connectivity index (χ3n) is 3.24. The highest BCUT2D eigenvalue weighted by Crippen LogP contribution is 2.19. The summed E-state index contributed by atoms with van der Waals surface area (Å²) in [6.45, 7) is 4.91. The molecule has 0 aromatic heterocycles. The number of rotatable bonds is 7. The lowest BCUT2D eigenvalue weighted by atomic mass is 9.94. The lowest BCUT2D eigenvalue weighted by Gasteiger charge is -2.25. The zero-order chi connectivity index (χ0) is 18.5. The molecule has 0 amide bonds. The van der Waals surface area contributed by atoms with Gasteiger partial charge in [-0.2, -0.15) is 0 Å². The van der Waals surface area contributed by atoms with Gasteiger partial charge in [0.25, 0.3) is 5.69 Å². The second-order valence-corrected chi connectivity index (χ2v) is 6.48. The van der Waals surface area contributed by atoms with Gasteiger partial charge in [0.1, 0.15) is 5.60 Å². The molecule has 24 heavy (non-hydrogen) atoms. The number of carboxylic acids is 1. The molecular formula is C16H22N2O6. The monoisotopic (exact) mass is 338 g/mol. The first-order valence-electron chi connectivity index (χ1n) is 7.46. The molecule has 1 rings (SSSR count). The number of ether oxygens (including phenoxy) is 1. The largest absolute Gasteiger partial charge is 0.481 e. The van der Waals surface area contributed by atoms with E-state index in [0.29, 0.717) is 12.0 Å². The van der Waals surface area contributed by atoms with Crippen molar-refractivity contribution >= 4 is 17.6 Å². The van der Waals surface area contributed by atoms with Gasteiger partial charge in [-0.05, 0) is 39.2 Å². The van der Waals surface area contributed by atoms with Crippen LogP contribution in [-0.2, 0) is 20.7 Å². The highest BCUT2D eigenvalue weighted by Gasteiger charge is 2.36. The van der Waals surface area contributed by atoms with Crippen LogP contribution in [0.1, 0.15) is 32.8 Å². The summed E-state index contributed by atoms with van der Waals surface area (Å²) in [6, 6.07) is 5.03. The van der Waals surface area contributed by atoms with E-state index in [-0.39, 0.29) is 12.1 Å². The Morgan fingerprint density at radius 1 is 1.38 bits per heavy atom. The number of carbonyl (C=O) groups excluding carboxylic acids is 1. The summed E-state index contributed by atoms with van der Waals surface area (Å²) in [5.41, 5.74) is 5.65. The van der Waals surface area contributed by atoms with E-state index < -0.39 is 34.4 Å². The van der Waals surface area contributed by atoms with Crippen LogP contribution in [0.2, 0.25) is 0 Å². The van der Waals surface area contributed by atoms with Crippen molar-refractivity contribution in [3.05, 3.63) is 39.9 Å². The molecule has 3 N–H and O–H groups in total. The zero-order valence-corrected chi connectivity index (χ0v) is 13.9. The van der Waals surface area contributed by atoms with Crippen molar-refractivity contribution in [3.63, 3.8) is 0 Å². The normalized spacial score (nSPS) is 13.8. The molecule has 0 radical (unpaired) electrons. The Morgan fingerprint density at radius 2 is 2.00 bits per heavy atom. The molecule has 1 aromatic rings. The first-order chi connectivity index (χ1) is 11.0. The molecule has 0 bridgehead atoms. The van der Waals surface area contributed by atoms with E-state index in [0.717, 1.165) is 0 Å². The number of aryl methyl sites for hydroxylation is 1. The minimum absolute atomic E-state index is 0.0528. The quantitative estimate of drug-likeness (QED) is 0.336. The van der Waals surface area contributed by atoms with Crippen LogP contribution in [0, 0.1) is 16.0 Å². The molecule has 0 fully saturated rings. The van der Waals surface area contributed by atoms with Crippen molar-refractivity contribution in [1.29, 1.82) is 0 Å². The van der Waals surface area contributed by atoms with E-state index >= 15 is 0 Å². The Morgan fingerprint density at radius 3 is 2.50 bits per heavy atom. The van der Waals surface area contributed by atoms with Crippen molar-refractivity contribution in [2.24, 2.45) is 11.7 Å². The van der Waals surface area contributed by atoms with Crippen LogP contribution < -0.4 is 5.73 Å². The fourth-order valence-corrected chi connectivity index (χ4v) is 2.15. The molecule has 0 aliphatic heterocycles. The number of hydrogen-bond acceptors (Lipinski definition) is 6. The first-order valence-corrected chi connectivity index (χ1v) is 7.46. The standard InChI is InChI=1S/C16H22N2O6/c1-16(2,3)24-15(21)13(14(19)20)12(17)8-7-10-5-4-6-11(9-10)18(22)23/h4-6,9,12-13H,7-8,17H2,1-3H3,(H,19,20). The van der Waals surface area contributed by atoms with Crippen molar-refractivity contribution in [2.45, 2.75) is 45.3 Å². The van der Waals surface area contributed by atoms with Gasteiger partial charge in [-0.3, -0.25) is 19.7 Å². The second kappa shape index (κ2) is 7.87. The summed E-state index contributed by atoms with van der Waals surface area (Å²) in [7, 11) is 0. The van der Waals surface area contributed by atoms with Crippen molar-refractivity contribution in [3.8, 4) is 0 Å². The number of aliphatic carboxylic acids is 1. The fraction of sp³-hybridized carbons (Fsp3) is 0.500. The van der Waals surface area contributed by atoms with E-state index in [4.69, 9.17) is 10.5 Å². The van der Waals surface area contributed by atoms with Gasteiger partial charge in [0.05, 0.1) is 4.92 Å². The van der Waals surface area contributed by atoms with Gasteiger partial charge in [-0.25, -0.2) is 0 Å². The maximum Gasteiger partial charge on any atom is 0.322 e. The Labute approximate surface area is 139 Å². The van der Waals surface area contributed by atoms with Gasteiger partial charge in [-0.1, -0.05) is 12.1 Å².